The minimum Gasteiger partial charge on any atom is -0.271 e. The Labute approximate surface area is 131 Å². The van der Waals surface area contributed by atoms with E-state index in [1.54, 1.807) is 0 Å². The highest BCUT2D eigenvalue weighted by Crippen LogP contribution is 2.27. The van der Waals surface area contributed by atoms with Crippen LogP contribution in [0.3, 0.4) is 0 Å². The summed E-state index contributed by atoms with van der Waals surface area (Å²) in [5, 5.41) is 1.42. The van der Waals surface area contributed by atoms with E-state index in [0.29, 0.717) is 5.02 Å². The lowest BCUT2D eigenvalue weighted by molar-refractivity contribution is 0.552. The van der Waals surface area contributed by atoms with Crippen LogP contribution >= 0.6 is 39.1 Å². The second kappa shape index (κ2) is 6.73. The molecule has 0 aliphatic rings. The fourth-order valence-corrected chi connectivity index (χ4v) is 2.50. The smallest absolute Gasteiger partial charge is 0.0548 e. The number of nitrogens with two attached hydrogens (primary N) is 1. The Kier molecular flexibility index (Phi) is 5.25. The largest absolute Gasteiger partial charge is 0.271 e. The minimum absolute atomic E-state index is 0.0229. The lowest BCUT2D eigenvalue weighted by Gasteiger charge is -2.17. The maximum Gasteiger partial charge on any atom is 0.0548 e. The number of hydrogen-bond acceptors (Lipinski definition) is 2. The van der Waals surface area contributed by atoms with Crippen LogP contribution in [-0.4, -0.2) is 0 Å². The molecule has 3 N–H and O–H groups in total. The van der Waals surface area contributed by atoms with Gasteiger partial charge in [0, 0.05) is 9.50 Å². The zero-order valence-corrected chi connectivity index (χ0v) is 13.1. The predicted octanol–water partition coefficient (Wildman–Crippen LogP) is 4.50. The van der Waals surface area contributed by atoms with Crippen molar-refractivity contribution in [3.63, 3.8) is 0 Å². The van der Waals surface area contributed by atoms with Crippen molar-refractivity contribution in [1.29, 1.82) is 0 Å². The van der Waals surface area contributed by atoms with E-state index in [2.05, 4.69) is 21.4 Å². The Morgan fingerprint density at radius 2 is 1.79 bits per heavy atom. The Bertz CT molecular complexity index is 558. The standard InChI is InChI=1S/C14H13BrCl2N2/c15-12-8-10(3-6-13(12)17)14(19-18)7-9-1-4-11(16)5-2-9/h1-6,8,14,19H,7,18H2. The molecule has 2 aromatic rings. The molecule has 2 aromatic carbocycles. The highest BCUT2D eigenvalue weighted by molar-refractivity contribution is 9.10. The first-order chi connectivity index (χ1) is 9.10. The van der Waals surface area contributed by atoms with Crippen LogP contribution in [0, 0.1) is 0 Å². The van der Waals surface area contributed by atoms with Gasteiger partial charge in [-0.2, -0.15) is 0 Å². The average molecular weight is 360 g/mol. The minimum atomic E-state index is 0.0229. The van der Waals surface area contributed by atoms with Crippen LogP contribution in [0.5, 0.6) is 0 Å². The summed E-state index contributed by atoms with van der Waals surface area (Å²) in [6, 6.07) is 13.6. The lowest BCUT2D eigenvalue weighted by atomic mass is 9.99. The highest BCUT2D eigenvalue weighted by Gasteiger charge is 2.12. The van der Waals surface area contributed by atoms with Crippen LogP contribution in [0.15, 0.2) is 46.9 Å². The molecule has 0 spiro atoms. The molecule has 0 aliphatic carbocycles. The number of benzene rings is 2. The van der Waals surface area contributed by atoms with Gasteiger partial charge in [-0.05, 0) is 57.7 Å². The lowest BCUT2D eigenvalue weighted by Crippen LogP contribution is -2.29. The first kappa shape index (κ1) is 14.8. The summed E-state index contributed by atoms with van der Waals surface area (Å²) < 4.78 is 0.864. The predicted molar refractivity (Wildman–Crippen MR) is 84.4 cm³/mol. The molecule has 1 atom stereocenters. The van der Waals surface area contributed by atoms with Gasteiger partial charge < -0.3 is 0 Å². The summed E-state index contributed by atoms with van der Waals surface area (Å²) >= 11 is 15.3. The number of halogens is 3. The molecule has 0 saturated heterocycles. The first-order valence-corrected chi connectivity index (χ1v) is 7.30. The second-order valence-corrected chi connectivity index (χ2v) is 5.92. The molecule has 0 radical (unpaired) electrons. The molecule has 2 nitrogen and oxygen atoms in total. The molecule has 0 heterocycles. The molecule has 0 aliphatic heterocycles. The maximum absolute atomic E-state index is 5.99. The van der Waals surface area contributed by atoms with Crippen molar-refractivity contribution in [3.8, 4) is 0 Å². The van der Waals surface area contributed by atoms with Crippen molar-refractivity contribution in [2.45, 2.75) is 12.5 Å². The third-order valence-electron chi connectivity index (χ3n) is 2.90. The van der Waals surface area contributed by atoms with Crippen LogP contribution in [0.4, 0.5) is 0 Å². The van der Waals surface area contributed by atoms with Crippen molar-refractivity contribution >= 4 is 39.1 Å². The van der Waals surface area contributed by atoms with Crippen molar-refractivity contribution < 1.29 is 0 Å². The third kappa shape index (κ3) is 3.94. The van der Waals surface area contributed by atoms with E-state index in [4.69, 9.17) is 29.0 Å². The summed E-state index contributed by atoms with van der Waals surface area (Å²) in [7, 11) is 0. The molecule has 1 unspecified atom stereocenters. The van der Waals surface area contributed by atoms with E-state index in [1.165, 1.54) is 5.56 Å². The van der Waals surface area contributed by atoms with Gasteiger partial charge in [-0.3, -0.25) is 11.3 Å². The molecule has 100 valence electrons. The summed E-state index contributed by atoms with van der Waals surface area (Å²) in [6.07, 6.45) is 0.780. The van der Waals surface area contributed by atoms with Gasteiger partial charge in [0.1, 0.15) is 0 Å². The summed E-state index contributed by atoms with van der Waals surface area (Å²) in [5.41, 5.74) is 5.07. The fourth-order valence-electron chi connectivity index (χ4n) is 1.86. The van der Waals surface area contributed by atoms with Gasteiger partial charge in [-0.25, -0.2) is 0 Å². The van der Waals surface area contributed by atoms with Crippen molar-refractivity contribution in [2.24, 2.45) is 5.84 Å². The van der Waals surface area contributed by atoms with Crippen LogP contribution in [-0.2, 0) is 6.42 Å². The highest BCUT2D eigenvalue weighted by atomic mass is 79.9. The van der Waals surface area contributed by atoms with E-state index in [0.717, 1.165) is 21.5 Å². The Balaban J connectivity index is 2.19. The molecule has 2 rings (SSSR count). The summed E-state index contributed by atoms with van der Waals surface area (Å²) in [6.45, 7) is 0. The van der Waals surface area contributed by atoms with Gasteiger partial charge in [0.2, 0.25) is 0 Å². The van der Waals surface area contributed by atoms with Gasteiger partial charge in [0.05, 0.1) is 11.1 Å². The fraction of sp³-hybridized carbons (Fsp3) is 0.143. The normalized spacial score (nSPS) is 12.4. The van der Waals surface area contributed by atoms with Crippen LogP contribution in [0.1, 0.15) is 17.2 Å². The zero-order chi connectivity index (χ0) is 13.8. The number of hydrazine groups is 1. The zero-order valence-electron chi connectivity index (χ0n) is 10.0. The number of hydrogen-bond donors (Lipinski definition) is 2. The number of rotatable bonds is 4. The van der Waals surface area contributed by atoms with Crippen LogP contribution < -0.4 is 11.3 Å². The molecule has 0 aromatic heterocycles. The SMILES string of the molecule is NNC(Cc1ccc(Cl)cc1)c1ccc(Cl)c(Br)c1. The van der Waals surface area contributed by atoms with E-state index < -0.39 is 0 Å². The Hall–Kier alpha value is -0.580. The first-order valence-electron chi connectivity index (χ1n) is 5.75. The maximum atomic E-state index is 5.99. The second-order valence-electron chi connectivity index (χ2n) is 4.22. The summed E-state index contributed by atoms with van der Waals surface area (Å²) in [4.78, 5) is 0. The number of nitrogens with one attached hydrogen (secondary N) is 1. The Morgan fingerprint density at radius 3 is 2.37 bits per heavy atom. The van der Waals surface area contributed by atoms with Crippen LogP contribution in [0.2, 0.25) is 10.0 Å². The Morgan fingerprint density at radius 1 is 1.11 bits per heavy atom. The average Bonchev–Trinajstić information content (AvgIpc) is 2.41. The van der Waals surface area contributed by atoms with Gasteiger partial charge >= 0.3 is 0 Å². The van der Waals surface area contributed by atoms with Gasteiger partial charge in [0.15, 0.2) is 0 Å². The molecule has 0 amide bonds. The molecule has 5 heteroatoms. The third-order valence-corrected chi connectivity index (χ3v) is 4.37. The summed E-state index contributed by atoms with van der Waals surface area (Å²) in [5.74, 6) is 5.65. The molecule has 0 saturated carbocycles. The van der Waals surface area contributed by atoms with Crippen molar-refractivity contribution in [1.82, 2.24) is 5.43 Å². The molecular formula is C14H13BrCl2N2. The van der Waals surface area contributed by atoms with Crippen molar-refractivity contribution in [3.05, 3.63) is 68.1 Å². The van der Waals surface area contributed by atoms with Gasteiger partial charge in [0.25, 0.3) is 0 Å². The van der Waals surface area contributed by atoms with Crippen molar-refractivity contribution in [2.75, 3.05) is 0 Å². The molecular weight excluding hydrogens is 347 g/mol. The van der Waals surface area contributed by atoms with Gasteiger partial charge in [-0.1, -0.05) is 41.4 Å². The van der Waals surface area contributed by atoms with Gasteiger partial charge in [-0.15, -0.1) is 0 Å². The topological polar surface area (TPSA) is 38.0 Å². The van der Waals surface area contributed by atoms with E-state index in [-0.39, 0.29) is 6.04 Å². The van der Waals surface area contributed by atoms with E-state index in [9.17, 15) is 0 Å². The quantitative estimate of drug-likeness (QED) is 0.622. The molecule has 0 fully saturated rings. The molecule has 0 bridgehead atoms. The molecule has 19 heavy (non-hydrogen) atoms. The monoisotopic (exact) mass is 358 g/mol. The van der Waals surface area contributed by atoms with E-state index >= 15 is 0 Å². The van der Waals surface area contributed by atoms with Crippen LogP contribution in [0.25, 0.3) is 0 Å². The van der Waals surface area contributed by atoms with E-state index in [1.807, 2.05) is 42.5 Å².